The maximum atomic E-state index is 11.1. The van der Waals surface area contributed by atoms with Crippen LogP contribution >= 0.6 is 11.6 Å². The second-order valence-corrected chi connectivity index (χ2v) is 5.08. The number of nitrogens with zero attached hydrogens (tertiary/aromatic N) is 2. The van der Waals surface area contributed by atoms with Gasteiger partial charge >= 0.3 is 5.97 Å². The Kier molecular flexibility index (Phi) is 4.04. The molecule has 0 spiro atoms. The Bertz CT molecular complexity index is 648. The third-order valence-corrected chi connectivity index (χ3v) is 3.57. The van der Waals surface area contributed by atoms with E-state index in [9.17, 15) is 4.79 Å². The van der Waals surface area contributed by atoms with Gasteiger partial charge in [0.2, 0.25) is 0 Å². The molecule has 5 heteroatoms. The molecule has 0 aliphatic heterocycles. The van der Waals surface area contributed by atoms with Crippen molar-refractivity contribution in [1.82, 2.24) is 9.97 Å². The van der Waals surface area contributed by atoms with Crippen molar-refractivity contribution in [3.05, 3.63) is 46.2 Å². The summed E-state index contributed by atoms with van der Waals surface area (Å²) in [6, 6.07) is 7.32. The van der Waals surface area contributed by atoms with Gasteiger partial charge in [-0.25, -0.2) is 9.97 Å². The molecule has 1 aromatic heterocycles. The maximum absolute atomic E-state index is 11.1. The predicted octanol–water partition coefficient (Wildman–Crippen LogP) is 3.60. The number of aromatic nitrogens is 2. The van der Waals surface area contributed by atoms with Crippen LogP contribution in [-0.4, -0.2) is 21.0 Å². The Balaban J connectivity index is 2.56. The molecule has 0 amide bonds. The van der Waals surface area contributed by atoms with Crippen LogP contribution in [0.4, 0.5) is 0 Å². The smallest absolute Gasteiger partial charge is 0.310 e. The quantitative estimate of drug-likeness (QED) is 0.938. The van der Waals surface area contributed by atoms with Gasteiger partial charge in [-0.2, -0.15) is 0 Å². The largest absolute Gasteiger partial charge is 0.481 e. The van der Waals surface area contributed by atoms with Gasteiger partial charge in [0.15, 0.2) is 5.82 Å². The molecule has 0 saturated carbocycles. The lowest BCUT2D eigenvalue weighted by Crippen LogP contribution is -2.13. The molecule has 1 atom stereocenters. The Morgan fingerprint density at radius 1 is 1.20 bits per heavy atom. The molecular formula is C15H15ClN2O2. The molecule has 0 radical (unpaired) electrons. The summed E-state index contributed by atoms with van der Waals surface area (Å²) in [6.45, 7) is 5.23. The fourth-order valence-electron chi connectivity index (χ4n) is 2.24. The summed E-state index contributed by atoms with van der Waals surface area (Å²) < 4.78 is 0. The zero-order valence-electron chi connectivity index (χ0n) is 11.5. The second-order valence-electron chi connectivity index (χ2n) is 4.67. The van der Waals surface area contributed by atoms with Crippen LogP contribution in [0.25, 0.3) is 11.4 Å². The molecule has 20 heavy (non-hydrogen) atoms. The summed E-state index contributed by atoms with van der Waals surface area (Å²) >= 11 is 6.14. The van der Waals surface area contributed by atoms with Crippen molar-refractivity contribution in [2.24, 2.45) is 0 Å². The van der Waals surface area contributed by atoms with Gasteiger partial charge in [-0.05, 0) is 32.9 Å². The first kappa shape index (κ1) is 14.5. The molecule has 0 aliphatic carbocycles. The molecule has 104 valence electrons. The van der Waals surface area contributed by atoms with Gasteiger partial charge in [-0.1, -0.05) is 23.7 Å². The summed E-state index contributed by atoms with van der Waals surface area (Å²) in [5.74, 6) is -0.993. The number of hydrogen-bond donors (Lipinski definition) is 1. The van der Waals surface area contributed by atoms with E-state index in [1.807, 2.05) is 18.2 Å². The van der Waals surface area contributed by atoms with Gasteiger partial charge in [0.05, 0.1) is 10.9 Å². The number of halogens is 1. The van der Waals surface area contributed by atoms with Crippen LogP contribution in [-0.2, 0) is 4.79 Å². The summed E-state index contributed by atoms with van der Waals surface area (Å²) in [7, 11) is 0. The lowest BCUT2D eigenvalue weighted by molar-refractivity contribution is -0.138. The van der Waals surface area contributed by atoms with Crippen molar-refractivity contribution in [2.45, 2.75) is 26.7 Å². The van der Waals surface area contributed by atoms with E-state index in [0.717, 1.165) is 5.56 Å². The summed E-state index contributed by atoms with van der Waals surface area (Å²) in [5, 5.41) is 9.71. The Labute approximate surface area is 122 Å². The molecule has 4 nitrogen and oxygen atoms in total. The zero-order valence-corrected chi connectivity index (χ0v) is 12.3. The second kappa shape index (κ2) is 5.59. The van der Waals surface area contributed by atoms with Crippen LogP contribution in [0.5, 0.6) is 0 Å². The monoisotopic (exact) mass is 290 g/mol. The zero-order chi connectivity index (χ0) is 14.9. The Morgan fingerprint density at radius 3 is 2.25 bits per heavy atom. The molecule has 0 saturated heterocycles. The summed E-state index contributed by atoms with van der Waals surface area (Å²) in [4.78, 5) is 20.0. The molecule has 0 fully saturated rings. The Hall–Kier alpha value is -1.94. The number of benzene rings is 1. The fraction of sp³-hybridized carbons (Fsp3) is 0.267. The van der Waals surface area contributed by atoms with E-state index < -0.39 is 11.9 Å². The van der Waals surface area contributed by atoms with Crippen LogP contribution in [0.15, 0.2) is 24.3 Å². The first-order valence-electron chi connectivity index (χ1n) is 6.24. The van der Waals surface area contributed by atoms with Crippen LogP contribution in [0.1, 0.15) is 29.8 Å². The van der Waals surface area contributed by atoms with Crippen molar-refractivity contribution in [3.63, 3.8) is 0 Å². The van der Waals surface area contributed by atoms with Crippen molar-refractivity contribution in [3.8, 4) is 11.4 Å². The number of rotatable bonds is 3. The van der Waals surface area contributed by atoms with Gasteiger partial charge < -0.3 is 5.11 Å². The molecule has 1 aromatic carbocycles. The third-order valence-electron chi connectivity index (χ3n) is 3.24. The van der Waals surface area contributed by atoms with E-state index in [2.05, 4.69) is 9.97 Å². The highest BCUT2D eigenvalue weighted by Gasteiger charge is 2.21. The number of aryl methyl sites for hydroxylation is 2. The molecular weight excluding hydrogens is 276 g/mol. The van der Waals surface area contributed by atoms with Gasteiger partial charge in [0, 0.05) is 22.5 Å². The molecule has 1 unspecified atom stereocenters. The van der Waals surface area contributed by atoms with E-state index in [4.69, 9.17) is 16.7 Å². The minimum Gasteiger partial charge on any atom is -0.481 e. The summed E-state index contributed by atoms with van der Waals surface area (Å²) in [6.07, 6.45) is 0. The highest BCUT2D eigenvalue weighted by molar-refractivity contribution is 6.33. The normalized spacial score (nSPS) is 12.2. The molecule has 2 rings (SSSR count). The minimum absolute atomic E-state index is 0.520. The number of aliphatic carboxylic acids is 1. The lowest BCUT2D eigenvalue weighted by atomic mass is 9.98. The van der Waals surface area contributed by atoms with Crippen molar-refractivity contribution < 1.29 is 9.90 Å². The highest BCUT2D eigenvalue weighted by atomic mass is 35.5. The average molecular weight is 291 g/mol. The van der Waals surface area contributed by atoms with Crippen molar-refractivity contribution >= 4 is 17.6 Å². The van der Waals surface area contributed by atoms with Gasteiger partial charge in [-0.3, -0.25) is 4.79 Å². The van der Waals surface area contributed by atoms with E-state index in [0.29, 0.717) is 27.8 Å². The van der Waals surface area contributed by atoms with Crippen LogP contribution < -0.4 is 0 Å². The van der Waals surface area contributed by atoms with E-state index in [1.54, 1.807) is 26.8 Å². The minimum atomic E-state index is -0.884. The molecule has 0 bridgehead atoms. The van der Waals surface area contributed by atoms with Crippen molar-refractivity contribution in [1.29, 1.82) is 0 Å². The van der Waals surface area contributed by atoms with E-state index >= 15 is 0 Å². The molecule has 1 N–H and O–H groups in total. The number of carboxylic acid groups (broad SMARTS) is 1. The lowest BCUT2D eigenvalue weighted by Gasteiger charge is -2.14. The van der Waals surface area contributed by atoms with Gasteiger partial charge in [0.1, 0.15) is 0 Å². The topological polar surface area (TPSA) is 63.1 Å². The average Bonchev–Trinajstić information content (AvgIpc) is 2.38. The number of carboxylic acids is 1. The van der Waals surface area contributed by atoms with E-state index in [-0.39, 0.29) is 0 Å². The number of hydrogen-bond acceptors (Lipinski definition) is 3. The van der Waals surface area contributed by atoms with Gasteiger partial charge in [-0.15, -0.1) is 0 Å². The fourth-order valence-corrected chi connectivity index (χ4v) is 2.46. The number of carbonyl (C=O) groups is 1. The molecule has 2 aromatic rings. The van der Waals surface area contributed by atoms with Gasteiger partial charge in [0.25, 0.3) is 0 Å². The maximum Gasteiger partial charge on any atom is 0.310 e. The van der Waals surface area contributed by atoms with Crippen LogP contribution in [0, 0.1) is 13.8 Å². The highest BCUT2D eigenvalue weighted by Crippen LogP contribution is 2.28. The van der Waals surface area contributed by atoms with Crippen LogP contribution in [0.2, 0.25) is 5.02 Å². The summed E-state index contributed by atoms with van der Waals surface area (Å²) in [5.41, 5.74) is 2.74. The molecule has 1 heterocycles. The third kappa shape index (κ3) is 2.65. The standard InChI is InChI=1S/C15H15ClN2O2/c1-8(15(19)20)13-9(2)17-14(18-10(13)3)11-6-4-5-7-12(11)16/h4-8H,1-3H3,(H,19,20). The van der Waals surface area contributed by atoms with Crippen LogP contribution in [0.3, 0.4) is 0 Å². The van der Waals surface area contributed by atoms with E-state index in [1.165, 1.54) is 0 Å². The predicted molar refractivity (Wildman–Crippen MR) is 78.0 cm³/mol. The van der Waals surface area contributed by atoms with Crippen molar-refractivity contribution in [2.75, 3.05) is 0 Å². The SMILES string of the molecule is Cc1nc(-c2ccccc2Cl)nc(C)c1C(C)C(=O)O. The first-order chi connectivity index (χ1) is 9.41. The Morgan fingerprint density at radius 2 is 1.75 bits per heavy atom. The first-order valence-corrected chi connectivity index (χ1v) is 6.62. The molecule has 0 aliphatic rings.